The van der Waals surface area contributed by atoms with Crippen molar-refractivity contribution in [2.45, 2.75) is 25.8 Å². The molecule has 0 saturated heterocycles. The number of para-hydroxylation sites is 1. The second-order valence-corrected chi connectivity index (χ2v) is 6.57. The van der Waals surface area contributed by atoms with Gasteiger partial charge in [-0.3, -0.25) is 14.4 Å². The van der Waals surface area contributed by atoms with Crippen LogP contribution in [0.2, 0.25) is 0 Å². The molecule has 0 bridgehead atoms. The van der Waals surface area contributed by atoms with Crippen LogP contribution in [0.4, 0.5) is 21.5 Å². The number of benzene rings is 2. The number of nitrogens with one attached hydrogen (secondary N) is 4. The van der Waals surface area contributed by atoms with Crippen molar-refractivity contribution >= 4 is 34.8 Å². The Balaban J connectivity index is 1.62. The summed E-state index contributed by atoms with van der Waals surface area (Å²) in [6, 6.07) is 10.9. The van der Waals surface area contributed by atoms with E-state index in [4.69, 9.17) is 0 Å². The predicted octanol–water partition coefficient (Wildman–Crippen LogP) is 2.73. The van der Waals surface area contributed by atoms with Gasteiger partial charge in [-0.2, -0.15) is 0 Å². The lowest BCUT2D eigenvalue weighted by molar-refractivity contribution is -0.115. The van der Waals surface area contributed by atoms with E-state index in [1.165, 1.54) is 25.1 Å². The summed E-state index contributed by atoms with van der Waals surface area (Å²) in [6.07, 6.45) is 1.93. The Kier molecular flexibility index (Phi) is 5.88. The first-order chi connectivity index (χ1) is 13.4. The summed E-state index contributed by atoms with van der Waals surface area (Å²) in [6.45, 7) is 1.14. The number of halogens is 1. The van der Waals surface area contributed by atoms with Crippen LogP contribution < -0.4 is 21.3 Å². The maximum atomic E-state index is 13.9. The van der Waals surface area contributed by atoms with Gasteiger partial charge in [0.15, 0.2) is 0 Å². The molecule has 8 heteroatoms. The van der Waals surface area contributed by atoms with E-state index < -0.39 is 11.7 Å². The van der Waals surface area contributed by atoms with Crippen molar-refractivity contribution in [1.82, 2.24) is 5.32 Å². The highest BCUT2D eigenvalue weighted by Crippen LogP contribution is 2.22. The number of anilines is 3. The molecule has 1 aliphatic rings. The Morgan fingerprint density at radius 2 is 1.79 bits per heavy atom. The molecule has 3 rings (SSSR count). The van der Waals surface area contributed by atoms with Gasteiger partial charge in [-0.25, -0.2) is 4.39 Å². The lowest BCUT2D eigenvalue weighted by atomic mass is 10.1. The maximum absolute atomic E-state index is 13.9. The van der Waals surface area contributed by atoms with Gasteiger partial charge in [0.2, 0.25) is 11.8 Å². The van der Waals surface area contributed by atoms with Crippen LogP contribution in [0.3, 0.4) is 0 Å². The van der Waals surface area contributed by atoms with Gasteiger partial charge in [-0.1, -0.05) is 12.1 Å². The zero-order valence-corrected chi connectivity index (χ0v) is 15.3. The third-order valence-corrected chi connectivity index (χ3v) is 4.08. The first-order valence-corrected chi connectivity index (χ1v) is 8.93. The van der Waals surface area contributed by atoms with Gasteiger partial charge < -0.3 is 21.3 Å². The topological polar surface area (TPSA) is 99.3 Å². The fourth-order valence-electron chi connectivity index (χ4n) is 2.59. The average Bonchev–Trinajstić information content (AvgIpc) is 3.46. The molecular formula is C20H21FN4O3. The van der Waals surface area contributed by atoms with Crippen molar-refractivity contribution in [3.8, 4) is 0 Å². The van der Waals surface area contributed by atoms with Crippen molar-refractivity contribution in [3.05, 3.63) is 53.8 Å². The van der Waals surface area contributed by atoms with Crippen LogP contribution in [0.15, 0.2) is 42.5 Å². The summed E-state index contributed by atoms with van der Waals surface area (Å²) in [5.74, 6) is -1.50. The van der Waals surface area contributed by atoms with Crippen molar-refractivity contribution < 1.29 is 18.8 Å². The van der Waals surface area contributed by atoms with Crippen molar-refractivity contribution in [2.75, 3.05) is 22.5 Å². The summed E-state index contributed by atoms with van der Waals surface area (Å²) in [4.78, 5) is 35.7. The summed E-state index contributed by atoms with van der Waals surface area (Å²) in [5, 5.41) is 10.8. The highest BCUT2D eigenvalue weighted by molar-refractivity contribution is 6.04. The van der Waals surface area contributed by atoms with E-state index in [-0.39, 0.29) is 30.1 Å². The molecule has 4 N–H and O–H groups in total. The maximum Gasteiger partial charge on any atom is 0.253 e. The number of carbonyl (C=O) groups excluding carboxylic acids is 3. The molecule has 7 nitrogen and oxygen atoms in total. The van der Waals surface area contributed by atoms with Gasteiger partial charge in [0.1, 0.15) is 5.82 Å². The fourth-order valence-corrected chi connectivity index (χ4v) is 2.59. The smallest absolute Gasteiger partial charge is 0.253 e. The van der Waals surface area contributed by atoms with Crippen LogP contribution in [0, 0.1) is 5.82 Å². The Hall–Kier alpha value is -3.42. The molecule has 0 unspecified atom stereocenters. The van der Waals surface area contributed by atoms with E-state index in [9.17, 15) is 18.8 Å². The molecule has 0 aromatic heterocycles. The van der Waals surface area contributed by atoms with Crippen LogP contribution in [0.5, 0.6) is 0 Å². The molecule has 1 fully saturated rings. The molecule has 3 amide bonds. The number of rotatable bonds is 7. The molecule has 0 atom stereocenters. The lowest BCUT2D eigenvalue weighted by Gasteiger charge is -2.13. The zero-order chi connectivity index (χ0) is 20.1. The van der Waals surface area contributed by atoms with Gasteiger partial charge >= 0.3 is 0 Å². The largest absolute Gasteiger partial charge is 0.374 e. The van der Waals surface area contributed by atoms with Crippen molar-refractivity contribution in [2.24, 2.45) is 0 Å². The molecule has 2 aromatic carbocycles. The van der Waals surface area contributed by atoms with E-state index in [2.05, 4.69) is 21.3 Å². The molecule has 0 spiro atoms. The zero-order valence-electron chi connectivity index (χ0n) is 15.3. The van der Waals surface area contributed by atoms with Crippen molar-refractivity contribution in [3.63, 3.8) is 0 Å². The minimum Gasteiger partial charge on any atom is -0.374 e. The fraction of sp³-hybridized carbons (Fsp3) is 0.250. The highest BCUT2D eigenvalue weighted by Gasteiger charge is 2.25. The first kappa shape index (κ1) is 19.3. The standard InChI is InChI=1S/C20H21FN4O3/c1-12(26)23-14-8-9-16(21)18(10-14)22-11-19(27)25-17-5-3-2-4-15(17)20(28)24-13-6-7-13/h2-5,8-10,13,22H,6-7,11H2,1H3,(H,23,26)(H,24,28)(H,25,27). The summed E-state index contributed by atoms with van der Waals surface area (Å²) < 4.78 is 13.9. The monoisotopic (exact) mass is 384 g/mol. The van der Waals surface area contributed by atoms with E-state index >= 15 is 0 Å². The number of hydrogen-bond donors (Lipinski definition) is 4. The minimum absolute atomic E-state index is 0.0844. The summed E-state index contributed by atoms with van der Waals surface area (Å²) in [5.41, 5.74) is 1.27. The van der Waals surface area contributed by atoms with Crippen LogP contribution in [-0.4, -0.2) is 30.3 Å². The van der Waals surface area contributed by atoms with E-state index in [1.54, 1.807) is 24.3 Å². The molecule has 0 aliphatic heterocycles. The predicted molar refractivity (Wildman–Crippen MR) is 105 cm³/mol. The van der Waals surface area contributed by atoms with Crippen LogP contribution >= 0.6 is 0 Å². The number of amides is 3. The highest BCUT2D eigenvalue weighted by atomic mass is 19.1. The molecule has 28 heavy (non-hydrogen) atoms. The van der Waals surface area contributed by atoms with Crippen LogP contribution in [0.25, 0.3) is 0 Å². The van der Waals surface area contributed by atoms with Gasteiger partial charge in [0, 0.05) is 18.7 Å². The van der Waals surface area contributed by atoms with Crippen molar-refractivity contribution in [1.29, 1.82) is 0 Å². The minimum atomic E-state index is -0.550. The summed E-state index contributed by atoms with van der Waals surface area (Å²) in [7, 11) is 0. The molecule has 0 radical (unpaired) electrons. The third kappa shape index (κ3) is 5.29. The Bertz CT molecular complexity index is 912. The molecule has 1 aliphatic carbocycles. The second-order valence-electron chi connectivity index (χ2n) is 6.57. The SMILES string of the molecule is CC(=O)Nc1ccc(F)c(NCC(=O)Nc2ccccc2C(=O)NC2CC2)c1. The van der Waals surface area contributed by atoms with Crippen LogP contribution in [-0.2, 0) is 9.59 Å². The molecule has 146 valence electrons. The van der Waals surface area contributed by atoms with Gasteiger partial charge in [0.05, 0.1) is 23.5 Å². The van der Waals surface area contributed by atoms with Crippen LogP contribution in [0.1, 0.15) is 30.1 Å². The lowest BCUT2D eigenvalue weighted by Crippen LogP contribution is -2.28. The quantitative estimate of drug-likeness (QED) is 0.590. The number of hydrogen-bond acceptors (Lipinski definition) is 4. The van der Waals surface area contributed by atoms with Gasteiger partial charge in [-0.05, 0) is 43.2 Å². The van der Waals surface area contributed by atoms with E-state index in [0.29, 0.717) is 16.9 Å². The van der Waals surface area contributed by atoms with E-state index in [1.807, 2.05) is 0 Å². The van der Waals surface area contributed by atoms with Gasteiger partial charge in [-0.15, -0.1) is 0 Å². The second kappa shape index (κ2) is 8.51. The number of carbonyl (C=O) groups is 3. The Morgan fingerprint density at radius 3 is 2.50 bits per heavy atom. The van der Waals surface area contributed by atoms with Gasteiger partial charge in [0.25, 0.3) is 5.91 Å². The average molecular weight is 384 g/mol. The Morgan fingerprint density at radius 1 is 1.04 bits per heavy atom. The Labute approximate surface area is 161 Å². The molecule has 0 heterocycles. The normalized spacial score (nSPS) is 12.8. The molecule has 2 aromatic rings. The first-order valence-electron chi connectivity index (χ1n) is 8.93. The van der Waals surface area contributed by atoms with E-state index in [0.717, 1.165) is 12.8 Å². The third-order valence-electron chi connectivity index (χ3n) is 4.08. The summed E-state index contributed by atoms with van der Waals surface area (Å²) >= 11 is 0. The molecular weight excluding hydrogens is 363 g/mol. The molecule has 1 saturated carbocycles.